The molecule has 0 aliphatic rings. The van der Waals surface area contributed by atoms with E-state index in [1.54, 1.807) is 53.5 Å². The maximum Gasteiger partial charge on any atom is 0.269 e. The molecular formula is C20H18N6O3. The summed E-state index contributed by atoms with van der Waals surface area (Å²) in [6, 6.07) is 14.3. The lowest BCUT2D eigenvalue weighted by Gasteiger charge is -2.11. The molecule has 29 heavy (non-hydrogen) atoms. The number of amides is 1. The summed E-state index contributed by atoms with van der Waals surface area (Å²) in [5.41, 5.74) is 1.52. The fourth-order valence-electron chi connectivity index (χ4n) is 2.89. The summed E-state index contributed by atoms with van der Waals surface area (Å²) < 4.78 is 8.76. The number of fused-ring (bicyclic) bond motifs is 1. The summed E-state index contributed by atoms with van der Waals surface area (Å²) >= 11 is 0. The Morgan fingerprint density at radius 3 is 2.90 bits per heavy atom. The molecule has 4 rings (SSSR count). The zero-order valence-corrected chi connectivity index (χ0v) is 15.4. The first-order valence-electron chi connectivity index (χ1n) is 8.99. The van der Waals surface area contributed by atoms with Gasteiger partial charge in [0.1, 0.15) is 31.6 Å². The second-order valence-corrected chi connectivity index (χ2v) is 6.25. The quantitative estimate of drug-likeness (QED) is 0.515. The van der Waals surface area contributed by atoms with Crippen LogP contribution in [0.1, 0.15) is 0 Å². The third kappa shape index (κ3) is 4.46. The fraction of sp³-hybridized carbons (Fsp3) is 0.150. The lowest BCUT2D eigenvalue weighted by molar-refractivity contribution is -0.116. The van der Waals surface area contributed by atoms with Gasteiger partial charge in [-0.25, -0.2) is 14.6 Å². The van der Waals surface area contributed by atoms with E-state index in [2.05, 4.69) is 20.4 Å². The average molecular weight is 390 g/mol. The Bertz CT molecular complexity index is 1190. The molecule has 0 unspecified atom stereocenters. The van der Waals surface area contributed by atoms with Gasteiger partial charge in [0, 0.05) is 11.8 Å². The van der Waals surface area contributed by atoms with Crippen LogP contribution in [0.2, 0.25) is 0 Å². The average Bonchev–Trinajstić information content (AvgIpc) is 3.24. The minimum absolute atomic E-state index is 0.112. The molecule has 0 aliphatic carbocycles. The smallest absolute Gasteiger partial charge is 0.269 e. The number of carbonyl (C=O) groups excluding carboxylic acids is 1. The number of rotatable bonds is 7. The van der Waals surface area contributed by atoms with E-state index in [0.29, 0.717) is 35.6 Å². The summed E-state index contributed by atoms with van der Waals surface area (Å²) in [5, 5.41) is 6.81. The highest BCUT2D eigenvalue weighted by Crippen LogP contribution is 2.17. The van der Waals surface area contributed by atoms with E-state index in [9.17, 15) is 9.59 Å². The van der Waals surface area contributed by atoms with E-state index in [0.717, 1.165) is 0 Å². The first-order valence-corrected chi connectivity index (χ1v) is 8.99. The minimum Gasteiger partial charge on any atom is -0.492 e. The van der Waals surface area contributed by atoms with Crippen molar-refractivity contribution in [3.8, 4) is 5.75 Å². The largest absolute Gasteiger partial charge is 0.492 e. The van der Waals surface area contributed by atoms with Crippen molar-refractivity contribution in [2.24, 2.45) is 0 Å². The Morgan fingerprint density at radius 2 is 2.03 bits per heavy atom. The highest BCUT2D eigenvalue weighted by molar-refractivity contribution is 5.91. The van der Waals surface area contributed by atoms with Crippen LogP contribution in [0.25, 0.3) is 11.0 Å². The van der Waals surface area contributed by atoms with Crippen molar-refractivity contribution in [2.75, 3.05) is 11.9 Å². The second-order valence-electron chi connectivity index (χ2n) is 6.25. The highest BCUT2D eigenvalue weighted by Gasteiger charge is 2.09. The third-order valence-electron chi connectivity index (χ3n) is 4.23. The lowest BCUT2D eigenvalue weighted by Crippen LogP contribution is -2.28. The van der Waals surface area contributed by atoms with Crippen LogP contribution in [0.4, 0.5) is 5.69 Å². The van der Waals surface area contributed by atoms with Crippen molar-refractivity contribution in [3.63, 3.8) is 0 Å². The Hall–Kier alpha value is -4.01. The molecule has 2 aromatic heterocycles. The van der Waals surface area contributed by atoms with Gasteiger partial charge in [0.2, 0.25) is 5.91 Å². The molecule has 0 saturated carbocycles. The van der Waals surface area contributed by atoms with E-state index >= 15 is 0 Å². The highest BCUT2D eigenvalue weighted by atomic mass is 16.5. The molecule has 9 nitrogen and oxygen atoms in total. The number of para-hydroxylation sites is 2. The van der Waals surface area contributed by atoms with Crippen LogP contribution in [-0.4, -0.2) is 36.8 Å². The number of nitrogens with one attached hydrogen (secondary N) is 1. The molecule has 0 spiro atoms. The topological polar surface area (TPSA) is 104 Å². The van der Waals surface area contributed by atoms with Crippen LogP contribution in [0, 0.1) is 0 Å². The van der Waals surface area contributed by atoms with Gasteiger partial charge in [-0.05, 0) is 24.3 Å². The number of hydrogen-bond acceptors (Lipinski definition) is 6. The van der Waals surface area contributed by atoms with Crippen molar-refractivity contribution in [3.05, 3.63) is 77.7 Å². The van der Waals surface area contributed by atoms with E-state index in [1.807, 2.05) is 6.07 Å². The van der Waals surface area contributed by atoms with Crippen molar-refractivity contribution in [2.45, 2.75) is 13.1 Å². The van der Waals surface area contributed by atoms with Crippen LogP contribution < -0.4 is 15.6 Å². The molecule has 1 N–H and O–H groups in total. The number of ether oxygens (including phenoxy) is 1. The standard InChI is InChI=1S/C20H18N6O3/c27-19(12-26-18-7-2-1-6-17(18)22-11-20(26)28)24-15-4-3-5-16(10-15)29-9-8-25-14-21-13-23-25/h1-7,10-11,13-14H,8-9,12H2,(H,24,27). The number of nitrogens with zero attached hydrogens (tertiary/aromatic N) is 5. The van der Waals surface area contributed by atoms with Crippen molar-refractivity contribution in [1.82, 2.24) is 24.3 Å². The first kappa shape index (κ1) is 18.4. The third-order valence-corrected chi connectivity index (χ3v) is 4.23. The Labute approximate surface area is 165 Å². The fourth-order valence-corrected chi connectivity index (χ4v) is 2.89. The summed E-state index contributed by atoms with van der Waals surface area (Å²) in [5.74, 6) is 0.303. The Balaban J connectivity index is 1.41. The molecule has 146 valence electrons. The van der Waals surface area contributed by atoms with E-state index in [1.165, 1.54) is 17.1 Å². The monoisotopic (exact) mass is 390 g/mol. The molecule has 0 saturated heterocycles. The molecule has 4 aromatic rings. The maximum absolute atomic E-state index is 12.5. The van der Waals surface area contributed by atoms with Gasteiger partial charge in [-0.15, -0.1) is 0 Å². The van der Waals surface area contributed by atoms with Crippen LogP contribution in [0.15, 0.2) is 72.2 Å². The van der Waals surface area contributed by atoms with Gasteiger partial charge in [-0.3, -0.25) is 14.2 Å². The number of aromatic nitrogens is 5. The summed E-state index contributed by atoms with van der Waals surface area (Å²) in [4.78, 5) is 32.7. The molecule has 2 aromatic carbocycles. The molecule has 0 aliphatic heterocycles. The zero-order valence-electron chi connectivity index (χ0n) is 15.4. The molecule has 2 heterocycles. The predicted molar refractivity (Wildman–Crippen MR) is 107 cm³/mol. The molecule has 0 bridgehead atoms. The molecule has 0 radical (unpaired) electrons. The van der Waals surface area contributed by atoms with Gasteiger partial charge < -0.3 is 10.1 Å². The van der Waals surface area contributed by atoms with Crippen LogP contribution in [0.5, 0.6) is 5.75 Å². The van der Waals surface area contributed by atoms with Crippen LogP contribution in [-0.2, 0) is 17.9 Å². The van der Waals surface area contributed by atoms with Gasteiger partial charge in [-0.1, -0.05) is 18.2 Å². The first-order chi connectivity index (χ1) is 14.2. The molecule has 1 amide bonds. The lowest BCUT2D eigenvalue weighted by atomic mass is 10.3. The summed E-state index contributed by atoms with van der Waals surface area (Å²) in [6.07, 6.45) is 4.30. The molecule has 0 fully saturated rings. The van der Waals surface area contributed by atoms with E-state index in [-0.39, 0.29) is 18.0 Å². The second kappa shape index (κ2) is 8.34. The number of hydrogen-bond donors (Lipinski definition) is 1. The van der Waals surface area contributed by atoms with Gasteiger partial charge in [0.15, 0.2) is 0 Å². The molecule has 9 heteroatoms. The van der Waals surface area contributed by atoms with Crippen LogP contribution >= 0.6 is 0 Å². The number of anilines is 1. The van der Waals surface area contributed by atoms with Crippen molar-refractivity contribution < 1.29 is 9.53 Å². The predicted octanol–water partition coefficient (Wildman–Crippen LogP) is 1.71. The zero-order chi connectivity index (χ0) is 20.1. The van der Waals surface area contributed by atoms with Crippen molar-refractivity contribution >= 4 is 22.6 Å². The Kier molecular flexibility index (Phi) is 5.28. The summed E-state index contributed by atoms with van der Waals surface area (Å²) in [6.45, 7) is 0.868. The van der Waals surface area contributed by atoms with Gasteiger partial charge >= 0.3 is 0 Å². The maximum atomic E-state index is 12.5. The number of benzene rings is 2. The van der Waals surface area contributed by atoms with Crippen molar-refractivity contribution in [1.29, 1.82) is 0 Å². The normalized spacial score (nSPS) is 10.8. The van der Waals surface area contributed by atoms with Gasteiger partial charge in [0.25, 0.3) is 5.56 Å². The van der Waals surface area contributed by atoms with Gasteiger partial charge in [-0.2, -0.15) is 5.10 Å². The van der Waals surface area contributed by atoms with E-state index in [4.69, 9.17) is 4.74 Å². The number of carbonyl (C=O) groups is 1. The molecular weight excluding hydrogens is 372 g/mol. The minimum atomic E-state index is -0.330. The van der Waals surface area contributed by atoms with E-state index < -0.39 is 0 Å². The van der Waals surface area contributed by atoms with Gasteiger partial charge in [0.05, 0.1) is 23.8 Å². The van der Waals surface area contributed by atoms with Crippen LogP contribution in [0.3, 0.4) is 0 Å². The SMILES string of the molecule is O=C(Cn1c(=O)cnc2ccccc21)Nc1cccc(OCCn2cncn2)c1. The summed E-state index contributed by atoms with van der Waals surface area (Å²) in [7, 11) is 0. The Morgan fingerprint density at radius 1 is 1.14 bits per heavy atom. The molecule has 0 atom stereocenters.